The van der Waals surface area contributed by atoms with Crippen molar-refractivity contribution in [2.24, 2.45) is 11.3 Å². The molecule has 1 N–H and O–H groups in total. The monoisotopic (exact) mass is 368 g/mol. The van der Waals surface area contributed by atoms with Gasteiger partial charge in [-0.15, -0.1) is 0 Å². The lowest BCUT2D eigenvalue weighted by Crippen LogP contribution is -2.42. The van der Waals surface area contributed by atoms with Crippen LogP contribution < -0.4 is 4.90 Å². The molecule has 27 heavy (non-hydrogen) atoms. The van der Waals surface area contributed by atoms with Gasteiger partial charge in [-0.05, 0) is 30.9 Å². The molecule has 3 heterocycles. The van der Waals surface area contributed by atoms with Gasteiger partial charge in [0.05, 0.1) is 5.56 Å². The van der Waals surface area contributed by atoms with Gasteiger partial charge in [0.15, 0.2) is 0 Å². The molecular weight excluding hydrogens is 340 g/mol. The molecule has 3 fully saturated rings. The van der Waals surface area contributed by atoms with Crippen molar-refractivity contribution in [3.05, 3.63) is 23.4 Å². The number of hydrogen-bond donors (Lipinski definition) is 1. The van der Waals surface area contributed by atoms with Gasteiger partial charge in [0, 0.05) is 43.8 Å². The van der Waals surface area contributed by atoms with Crippen molar-refractivity contribution in [3.8, 4) is 6.07 Å². The van der Waals surface area contributed by atoms with Crippen LogP contribution in [0, 0.1) is 22.7 Å². The Morgan fingerprint density at radius 3 is 2.63 bits per heavy atom. The fourth-order valence-corrected chi connectivity index (χ4v) is 5.23. The summed E-state index contributed by atoms with van der Waals surface area (Å²) in [5, 5.41) is 19.7. The van der Waals surface area contributed by atoms with E-state index in [0.717, 1.165) is 12.2 Å². The number of pyridine rings is 1. The maximum atomic E-state index is 12.3. The predicted octanol–water partition coefficient (Wildman–Crippen LogP) is 2.84. The Kier molecular flexibility index (Phi) is 4.59. The second-order valence-electron chi connectivity index (χ2n) is 8.78. The van der Waals surface area contributed by atoms with Gasteiger partial charge < -0.3 is 10.0 Å². The Labute approximate surface area is 160 Å². The van der Waals surface area contributed by atoms with Crippen LogP contribution in [0.15, 0.2) is 12.1 Å². The normalized spacial score (nSPS) is 28.7. The molecule has 1 aromatic rings. The lowest BCUT2D eigenvalue weighted by molar-refractivity contribution is -0.148. The molecule has 2 saturated heterocycles. The molecule has 4 rings (SSSR count). The van der Waals surface area contributed by atoms with Crippen molar-refractivity contribution in [1.29, 1.82) is 5.26 Å². The van der Waals surface area contributed by atoms with E-state index in [1.165, 1.54) is 25.7 Å². The Morgan fingerprint density at radius 2 is 2.04 bits per heavy atom. The van der Waals surface area contributed by atoms with Crippen molar-refractivity contribution in [1.82, 2.24) is 9.88 Å². The zero-order valence-electron chi connectivity index (χ0n) is 16.2. The van der Waals surface area contributed by atoms with E-state index in [1.54, 1.807) is 0 Å². The van der Waals surface area contributed by atoms with Crippen LogP contribution in [0.5, 0.6) is 0 Å². The molecule has 0 unspecified atom stereocenters. The number of carboxylic acid groups (broad SMARTS) is 1. The Morgan fingerprint density at radius 1 is 1.30 bits per heavy atom. The van der Waals surface area contributed by atoms with Crippen LogP contribution >= 0.6 is 0 Å². The maximum absolute atomic E-state index is 12.3. The number of fused-ring (bicyclic) bond motifs is 1. The topological polar surface area (TPSA) is 80.5 Å². The summed E-state index contributed by atoms with van der Waals surface area (Å²) in [5.41, 5.74) is 0.732. The summed E-state index contributed by atoms with van der Waals surface area (Å²) >= 11 is 0. The number of anilines is 1. The highest BCUT2D eigenvalue weighted by Gasteiger charge is 2.59. The van der Waals surface area contributed by atoms with Crippen molar-refractivity contribution >= 4 is 11.8 Å². The lowest BCUT2D eigenvalue weighted by atomic mass is 9.81. The van der Waals surface area contributed by atoms with Gasteiger partial charge in [0.25, 0.3) is 0 Å². The van der Waals surface area contributed by atoms with Crippen LogP contribution in [-0.4, -0.2) is 53.2 Å². The second-order valence-corrected chi connectivity index (χ2v) is 8.78. The molecule has 6 nitrogen and oxygen atoms in total. The fraction of sp³-hybridized carbons (Fsp3) is 0.667. The molecule has 144 valence electrons. The van der Waals surface area contributed by atoms with Gasteiger partial charge in [-0.25, -0.2) is 4.98 Å². The highest BCUT2D eigenvalue weighted by atomic mass is 16.4. The van der Waals surface area contributed by atoms with E-state index in [9.17, 15) is 15.2 Å². The Bertz CT molecular complexity index is 781. The first-order chi connectivity index (χ1) is 12.9. The number of carboxylic acids is 1. The van der Waals surface area contributed by atoms with Crippen molar-refractivity contribution in [3.63, 3.8) is 0 Å². The summed E-state index contributed by atoms with van der Waals surface area (Å²) in [5.74, 6) is 0.316. The van der Waals surface area contributed by atoms with Gasteiger partial charge >= 0.3 is 5.97 Å². The van der Waals surface area contributed by atoms with Gasteiger partial charge in [0.1, 0.15) is 17.3 Å². The number of carbonyl (C=O) groups is 1. The number of nitriles is 1. The number of aliphatic carboxylic acids is 1. The molecule has 2 atom stereocenters. The van der Waals surface area contributed by atoms with Gasteiger partial charge in [-0.3, -0.25) is 9.69 Å². The fourth-order valence-electron chi connectivity index (χ4n) is 5.23. The molecule has 0 bridgehead atoms. The van der Waals surface area contributed by atoms with E-state index in [0.29, 0.717) is 37.1 Å². The number of likely N-dealkylation sites (tertiary alicyclic amines) is 1. The average Bonchev–Trinajstić information content (AvgIpc) is 3.35. The molecular formula is C21H28N4O2. The van der Waals surface area contributed by atoms with E-state index in [1.807, 2.05) is 12.1 Å². The molecule has 2 aliphatic heterocycles. The smallest absolute Gasteiger partial charge is 0.313 e. The first kappa shape index (κ1) is 18.2. The van der Waals surface area contributed by atoms with E-state index in [2.05, 4.69) is 29.7 Å². The molecule has 0 amide bonds. The van der Waals surface area contributed by atoms with Gasteiger partial charge in [-0.1, -0.05) is 26.7 Å². The zero-order chi connectivity index (χ0) is 19.2. The minimum Gasteiger partial charge on any atom is -0.481 e. The average molecular weight is 368 g/mol. The standard InChI is InChI=1S/C21H28N4O2/c1-14(2)18-8-7-15(9-22)19(23-18)25-11-16-10-24(17-5-3-4-6-17)12-21(16,13-25)20(26)27/h7-8,14,16-17H,3-6,10-13H2,1-2H3,(H,26,27)/t16-,21-/m1/s1. The summed E-state index contributed by atoms with van der Waals surface area (Å²) in [6.07, 6.45) is 4.91. The number of rotatable bonds is 4. The van der Waals surface area contributed by atoms with Crippen LogP contribution in [0.4, 0.5) is 5.82 Å². The number of aromatic nitrogens is 1. The molecule has 3 aliphatic rings. The summed E-state index contributed by atoms with van der Waals surface area (Å²) in [7, 11) is 0. The van der Waals surface area contributed by atoms with Crippen LogP contribution in [-0.2, 0) is 4.79 Å². The SMILES string of the molecule is CC(C)c1ccc(C#N)c(N2C[C@H]3CN(C4CCCC4)C[C@@]3(C(=O)O)C2)n1. The van der Waals surface area contributed by atoms with Crippen molar-refractivity contribution in [2.45, 2.75) is 51.5 Å². The second kappa shape index (κ2) is 6.79. The van der Waals surface area contributed by atoms with E-state index in [-0.39, 0.29) is 11.8 Å². The first-order valence-corrected chi connectivity index (χ1v) is 10.1. The Hall–Kier alpha value is -2.13. The zero-order valence-corrected chi connectivity index (χ0v) is 16.2. The summed E-state index contributed by atoms with van der Waals surface area (Å²) < 4.78 is 0. The molecule has 1 saturated carbocycles. The third-order valence-corrected chi connectivity index (χ3v) is 6.81. The molecule has 1 aromatic heterocycles. The predicted molar refractivity (Wildman–Crippen MR) is 103 cm³/mol. The summed E-state index contributed by atoms with van der Waals surface area (Å²) in [6.45, 7) is 6.74. The van der Waals surface area contributed by atoms with E-state index >= 15 is 0 Å². The lowest BCUT2D eigenvalue weighted by Gasteiger charge is -2.29. The largest absolute Gasteiger partial charge is 0.481 e. The molecule has 1 aliphatic carbocycles. The van der Waals surface area contributed by atoms with E-state index < -0.39 is 11.4 Å². The van der Waals surface area contributed by atoms with Gasteiger partial charge in [-0.2, -0.15) is 5.26 Å². The third-order valence-electron chi connectivity index (χ3n) is 6.81. The van der Waals surface area contributed by atoms with Crippen molar-refractivity contribution < 1.29 is 9.90 Å². The molecule has 0 aromatic carbocycles. The quantitative estimate of drug-likeness (QED) is 0.880. The highest BCUT2D eigenvalue weighted by molar-refractivity contribution is 5.78. The van der Waals surface area contributed by atoms with Gasteiger partial charge in [0.2, 0.25) is 0 Å². The summed E-state index contributed by atoms with van der Waals surface area (Å²) in [4.78, 5) is 21.5. The number of hydrogen-bond acceptors (Lipinski definition) is 5. The van der Waals surface area contributed by atoms with Crippen LogP contribution in [0.25, 0.3) is 0 Å². The molecule has 0 radical (unpaired) electrons. The third kappa shape index (κ3) is 2.98. The van der Waals surface area contributed by atoms with Crippen molar-refractivity contribution in [2.75, 3.05) is 31.1 Å². The van der Waals surface area contributed by atoms with Crippen LogP contribution in [0.1, 0.15) is 56.7 Å². The van der Waals surface area contributed by atoms with Crippen LogP contribution in [0.3, 0.4) is 0 Å². The minimum atomic E-state index is -0.745. The molecule has 6 heteroatoms. The number of nitrogens with zero attached hydrogens (tertiary/aromatic N) is 4. The minimum absolute atomic E-state index is 0.0895. The summed E-state index contributed by atoms with van der Waals surface area (Å²) in [6, 6.07) is 6.52. The maximum Gasteiger partial charge on any atom is 0.313 e. The Balaban J connectivity index is 1.62. The van der Waals surface area contributed by atoms with Crippen LogP contribution in [0.2, 0.25) is 0 Å². The first-order valence-electron chi connectivity index (χ1n) is 10.1. The highest BCUT2D eigenvalue weighted by Crippen LogP contribution is 2.46. The molecule has 0 spiro atoms. The van der Waals surface area contributed by atoms with E-state index in [4.69, 9.17) is 4.98 Å².